The average Bonchev–Trinajstić information content (AvgIpc) is 2.86. The van der Waals surface area contributed by atoms with Crippen LogP contribution in [0.15, 0.2) is 47.3 Å². The Kier molecular flexibility index (Phi) is 2.45. The second-order valence-electron chi connectivity index (χ2n) is 5.39. The fourth-order valence-electron chi connectivity index (χ4n) is 3.18. The van der Waals surface area contributed by atoms with E-state index >= 15 is 0 Å². The number of carbonyl (C=O) groups excluding carboxylic acids is 2. The zero-order valence-corrected chi connectivity index (χ0v) is 11.8. The van der Waals surface area contributed by atoms with E-state index in [-0.39, 0.29) is 11.3 Å². The van der Waals surface area contributed by atoms with Gasteiger partial charge in [0.1, 0.15) is 6.29 Å². The standard InChI is InChI=1S/C18H11NO3/c1-19-16-12-4-2-3-5-13(12)17(21)15(16)11-7-6-10(9-20)8-14(11)18(19)22/h2-9H,1H3. The van der Waals surface area contributed by atoms with Gasteiger partial charge >= 0.3 is 0 Å². The molecule has 0 aliphatic heterocycles. The topological polar surface area (TPSA) is 56.1 Å². The first-order valence-electron chi connectivity index (χ1n) is 6.89. The lowest BCUT2D eigenvalue weighted by Gasteiger charge is -2.10. The molecule has 3 aromatic rings. The number of benzene rings is 2. The first-order valence-corrected chi connectivity index (χ1v) is 6.89. The third kappa shape index (κ3) is 1.44. The monoisotopic (exact) mass is 289 g/mol. The fourth-order valence-corrected chi connectivity index (χ4v) is 3.18. The number of hydrogen-bond acceptors (Lipinski definition) is 3. The maximum atomic E-state index is 12.7. The van der Waals surface area contributed by atoms with Gasteiger partial charge in [-0.1, -0.05) is 36.4 Å². The summed E-state index contributed by atoms with van der Waals surface area (Å²) in [6.07, 6.45) is 0.697. The van der Waals surface area contributed by atoms with Crippen molar-refractivity contribution in [3.63, 3.8) is 0 Å². The van der Waals surface area contributed by atoms with Crippen LogP contribution in [-0.2, 0) is 7.05 Å². The first kappa shape index (κ1) is 12.7. The summed E-state index contributed by atoms with van der Waals surface area (Å²) in [5.74, 6) is -0.0787. The summed E-state index contributed by atoms with van der Waals surface area (Å²) in [5.41, 5.74) is 2.80. The molecule has 106 valence electrons. The molecular weight excluding hydrogens is 278 g/mol. The second-order valence-corrected chi connectivity index (χ2v) is 5.39. The Labute approximate surface area is 125 Å². The summed E-state index contributed by atoms with van der Waals surface area (Å²) in [4.78, 5) is 36.3. The van der Waals surface area contributed by atoms with Gasteiger partial charge in [-0.25, -0.2) is 0 Å². The first-order chi connectivity index (χ1) is 10.6. The number of aldehydes is 1. The molecule has 1 aliphatic rings. The van der Waals surface area contributed by atoms with Crippen molar-refractivity contribution in [2.45, 2.75) is 0 Å². The third-order valence-electron chi connectivity index (χ3n) is 4.21. The molecule has 0 bridgehead atoms. The van der Waals surface area contributed by atoms with Gasteiger partial charge in [0.05, 0.1) is 11.3 Å². The molecule has 0 N–H and O–H groups in total. The smallest absolute Gasteiger partial charge is 0.258 e. The molecule has 0 saturated carbocycles. The van der Waals surface area contributed by atoms with E-state index in [2.05, 4.69) is 0 Å². The van der Waals surface area contributed by atoms with E-state index in [0.29, 0.717) is 39.4 Å². The van der Waals surface area contributed by atoms with Crippen LogP contribution in [0, 0.1) is 0 Å². The average molecular weight is 289 g/mol. The molecule has 0 unspecified atom stereocenters. The van der Waals surface area contributed by atoms with Crippen LogP contribution in [0.2, 0.25) is 0 Å². The Morgan fingerprint density at radius 2 is 1.68 bits per heavy atom. The van der Waals surface area contributed by atoms with Crippen molar-refractivity contribution >= 4 is 22.8 Å². The van der Waals surface area contributed by atoms with Crippen molar-refractivity contribution in [2.24, 2.45) is 7.05 Å². The zero-order valence-electron chi connectivity index (χ0n) is 11.8. The normalized spacial score (nSPS) is 12.3. The van der Waals surface area contributed by atoms with E-state index in [1.165, 1.54) is 4.57 Å². The number of ketones is 1. The number of aromatic nitrogens is 1. The number of carbonyl (C=O) groups is 2. The molecular formula is C18H11NO3. The Morgan fingerprint density at radius 3 is 2.41 bits per heavy atom. The van der Waals surface area contributed by atoms with E-state index in [1.807, 2.05) is 18.2 Å². The van der Waals surface area contributed by atoms with E-state index in [9.17, 15) is 14.4 Å². The van der Waals surface area contributed by atoms with Crippen molar-refractivity contribution in [3.8, 4) is 11.3 Å². The minimum Gasteiger partial charge on any atom is -0.310 e. The Balaban J connectivity index is 2.24. The predicted molar refractivity (Wildman–Crippen MR) is 83.4 cm³/mol. The van der Waals surface area contributed by atoms with Crippen LogP contribution in [-0.4, -0.2) is 16.6 Å². The molecule has 1 aromatic heterocycles. The lowest BCUT2D eigenvalue weighted by atomic mass is 10.0. The van der Waals surface area contributed by atoms with E-state index in [4.69, 9.17) is 0 Å². The quantitative estimate of drug-likeness (QED) is 0.506. The number of rotatable bonds is 1. The van der Waals surface area contributed by atoms with E-state index in [0.717, 1.165) is 5.56 Å². The molecule has 4 heteroatoms. The van der Waals surface area contributed by atoms with Gasteiger partial charge in [0.15, 0.2) is 5.78 Å². The van der Waals surface area contributed by atoms with E-state index < -0.39 is 0 Å². The lowest BCUT2D eigenvalue weighted by Crippen LogP contribution is -2.20. The molecule has 0 atom stereocenters. The molecule has 0 fully saturated rings. The number of nitrogens with zero attached hydrogens (tertiary/aromatic N) is 1. The highest BCUT2D eigenvalue weighted by atomic mass is 16.1. The minimum absolute atomic E-state index is 0.0787. The van der Waals surface area contributed by atoms with Gasteiger partial charge in [-0.05, 0) is 6.07 Å². The molecule has 4 nitrogen and oxygen atoms in total. The molecule has 1 heterocycles. The Morgan fingerprint density at radius 1 is 0.955 bits per heavy atom. The van der Waals surface area contributed by atoms with Crippen molar-refractivity contribution in [3.05, 3.63) is 69.5 Å². The molecule has 2 aromatic carbocycles. The molecule has 22 heavy (non-hydrogen) atoms. The second kappa shape index (κ2) is 4.24. The summed E-state index contributed by atoms with van der Waals surface area (Å²) >= 11 is 0. The van der Waals surface area contributed by atoms with Crippen LogP contribution in [0.3, 0.4) is 0 Å². The van der Waals surface area contributed by atoms with Gasteiger partial charge in [0.25, 0.3) is 5.56 Å². The Bertz CT molecular complexity index is 1040. The summed E-state index contributed by atoms with van der Waals surface area (Å²) in [7, 11) is 1.66. The van der Waals surface area contributed by atoms with Crippen molar-refractivity contribution in [2.75, 3.05) is 0 Å². The molecule has 0 spiro atoms. The van der Waals surface area contributed by atoms with Crippen molar-refractivity contribution < 1.29 is 9.59 Å². The van der Waals surface area contributed by atoms with Crippen LogP contribution >= 0.6 is 0 Å². The largest absolute Gasteiger partial charge is 0.310 e. The van der Waals surface area contributed by atoms with Gasteiger partial charge in [0, 0.05) is 34.5 Å². The highest BCUT2D eigenvalue weighted by Crippen LogP contribution is 2.38. The van der Waals surface area contributed by atoms with Gasteiger partial charge in [-0.3, -0.25) is 14.4 Å². The van der Waals surface area contributed by atoms with Gasteiger partial charge in [-0.2, -0.15) is 0 Å². The van der Waals surface area contributed by atoms with Crippen molar-refractivity contribution in [1.29, 1.82) is 0 Å². The summed E-state index contributed by atoms with van der Waals surface area (Å²) < 4.78 is 1.50. The SMILES string of the molecule is Cn1c2c(c3ccc(C=O)cc3c1=O)C(=O)c1ccccc1-2. The maximum absolute atomic E-state index is 12.7. The number of hydrogen-bond donors (Lipinski definition) is 0. The lowest BCUT2D eigenvalue weighted by molar-refractivity contribution is 0.104. The van der Waals surface area contributed by atoms with Crippen LogP contribution < -0.4 is 5.56 Å². The highest BCUT2D eigenvalue weighted by Gasteiger charge is 2.31. The fraction of sp³-hybridized carbons (Fsp3) is 0.0556. The van der Waals surface area contributed by atoms with Crippen LogP contribution in [0.4, 0.5) is 0 Å². The molecule has 0 amide bonds. The maximum Gasteiger partial charge on any atom is 0.258 e. The van der Waals surface area contributed by atoms with Gasteiger partial charge < -0.3 is 4.57 Å². The zero-order chi connectivity index (χ0) is 15.4. The Hall–Kier alpha value is -3.01. The van der Waals surface area contributed by atoms with Crippen molar-refractivity contribution in [1.82, 2.24) is 4.57 Å². The van der Waals surface area contributed by atoms with Crippen LogP contribution in [0.5, 0.6) is 0 Å². The van der Waals surface area contributed by atoms with E-state index in [1.54, 1.807) is 31.3 Å². The minimum atomic E-state index is -0.207. The molecule has 0 radical (unpaired) electrons. The van der Waals surface area contributed by atoms with Crippen LogP contribution in [0.25, 0.3) is 22.0 Å². The number of pyridine rings is 1. The molecule has 1 aliphatic carbocycles. The summed E-state index contributed by atoms with van der Waals surface area (Å²) in [6.45, 7) is 0. The third-order valence-corrected chi connectivity index (χ3v) is 4.21. The molecule has 0 saturated heterocycles. The van der Waals surface area contributed by atoms with Gasteiger partial charge in [0.2, 0.25) is 0 Å². The van der Waals surface area contributed by atoms with Gasteiger partial charge in [-0.15, -0.1) is 0 Å². The summed E-state index contributed by atoms with van der Waals surface area (Å²) in [6, 6.07) is 12.1. The summed E-state index contributed by atoms with van der Waals surface area (Å²) in [5, 5.41) is 0.997. The highest BCUT2D eigenvalue weighted by molar-refractivity contribution is 6.26. The number of fused-ring (bicyclic) bond motifs is 5. The molecule has 4 rings (SSSR count). The predicted octanol–water partition coefficient (Wildman–Crippen LogP) is 2.56. The van der Waals surface area contributed by atoms with Crippen LogP contribution in [0.1, 0.15) is 26.3 Å².